The molecule has 5 heterocycles. The van der Waals surface area contributed by atoms with E-state index in [0.29, 0.717) is 68.7 Å². The molecular formula is C32H38F3N7O3S. The van der Waals surface area contributed by atoms with E-state index < -0.39 is 23.6 Å². The van der Waals surface area contributed by atoms with Crippen LogP contribution in [0.4, 0.5) is 29.8 Å². The monoisotopic (exact) mass is 657 g/mol. The molecule has 0 saturated carbocycles. The SMILES string of the molecule is CCC1CCCN1Cc1sc(NC(=O)c2cnc(N3CCC(C(=O)O)CC3)cn2)nc1-c1ccc(N2CCCC2)c(C(F)(F)F)c1. The number of alkyl halides is 3. The lowest BCUT2D eigenvalue weighted by Gasteiger charge is -2.30. The summed E-state index contributed by atoms with van der Waals surface area (Å²) in [5.74, 6) is -1.13. The molecule has 14 heteroatoms. The molecule has 10 nitrogen and oxygen atoms in total. The van der Waals surface area contributed by atoms with Crippen LogP contribution >= 0.6 is 11.3 Å². The van der Waals surface area contributed by atoms with Crippen LogP contribution in [0, 0.1) is 5.92 Å². The number of thiazole rings is 1. The molecule has 0 bridgehead atoms. The molecule has 246 valence electrons. The number of amides is 1. The zero-order valence-electron chi connectivity index (χ0n) is 25.7. The van der Waals surface area contributed by atoms with Crippen LogP contribution in [0.5, 0.6) is 0 Å². The highest BCUT2D eigenvalue weighted by Crippen LogP contribution is 2.42. The molecule has 2 aromatic heterocycles. The van der Waals surface area contributed by atoms with Crippen molar-refractivity contribution in [2.45, 2.75) is 70.6 Å². The fourth-order valence-electron chi connectivity index (χ4n) is 6.75. The van der Waals surface area contributed by atoms with Gasteiger partial charge < -0.3 is 14.9 Å². The number of carbonyl (C=O) groups excluding carboxylic acids is 1. The van der Waals surface area contributed by atoms with Crippen molar-refractivity contribution in [3.05, 3.63) is 46.7 Å². The van der Waals surface area contributed by atoms with E-state index in [1.807, 2.05) is 4.90 Å². The van der Waals surface area contributed by atoms with Crippen molar-refractivity contribution in [3.8, 4) is 11.3 Å². The third-order valence-corrected chi connectivity index (χ3v) is 10.3. The molecular weight excluding hydrogens is 619 g/mol. The first-order valence-electron chi connectivity index (χ1n) is 15.9. The number of likely N-dealkylation sites (tertiary alicyclic amines) is 1. The van der Waals surface area contributed by atoms with Gasteiger partial charge in [0, 0.05) is 54.9 Å². The zero-order valence-corrected chi connectivity index (χ0v) is 26.5. The highest BCUT2D eigenvalue weighted by molar-refractivity contribution is 7.16. The van der Waals surface area contributed by atoms with Crippen LogP contribution in [0.25, 0.3) is 11.3 Å². The minimum absolute atomic E-state index is 0.0717. The number of hydrogen-bond donors (Lipinski definition) is 2. The molecule has 3 aliphatic rings. The van der Waals surface area contributed by atoms with E-state index in [1.54, 1.807) is 17.0 Å². The van der Waals surface area contributed by atoms with E-state index in [0.717, 1.165) is 43.5 Å². The van der Waals surface area contributed by atoms with E-state index in [9.17, 15) is 27.9 Å². The number of carboxylic acid groups (broad SMARTS) is 1. The van der Waals surface area contributed by atoms with Gasteiger partial charge in [-0.3, -0.25) is 19.8 Å². The summed E-state index contributed by atoms with van der Waals surface area (Å²) in [6.07, 6.45) is 4.20. The highest BCUT2D eigenvalue weighted by atomic mass is 32.1. The lowest BCUT2D eigenvalue weighted by Crippen LogP contribution is -2.36. The number of anilines is 3. The first kappa shape index (κ1) is 32.2. The Morgan fingerprint density at radius 2 is 1.76 bits per heavy atom. The smallest absolute Gasteiger partial charge is 0.418 e. The van der Waals surface area contributed by atoms with E-state index >= 15 is 0 Å². The summed E-state index contributed by atoms with van der Waals surface area (Å²) in [6.45, 7) is 5.83. The average molecular weight is 658 g/mol. The standard InChI is InChI=1S/C32H38F3N7O3S/c1-2-22-6-5-13-42(22)19-26-28(21-7-8-25(40-11-3-4-12-40)23(16-21)32(33,34)35)38-31(46-26)39-29(43)24-17-37-27(18-36-24)41-14-9-20(10-15-41)30(44)45/h7-8,16-18,20,22H,2-6,9-15,19H2,1H3,(H,44,45)(H,38,39,43). The molecule has 3 saturated heterocycles. The summed E-state index contributed by atoms with van der Waals surface area (Å²) in [4.78, 5) is 44.7. The molecule has 2 N–H and O–H groups in total. The van der Waals surface area contributed by atoms with Crippen molar-refractivity contribution >= 4 is 39.9 Å². The quantitative estimate of drug-likeness (QED) is 0.280. The Kier molecular flexibility index (Phi) is 9.46. The number of hydrogen-bond acceptors (Lipinski definition) is 9. The van der Waals surface area contributed by atoms with E-state index in [4.69, 9.17) is 0 Å². The Balaban J connectivity index is 1.25. The number of nitrogens with one attached hydrogen (secondary N) is 1. The van der Waals surface area contributed by atoms with Crippen molar-refractivity contribution in [3.63, 3.8) is 0 Å². The van der Waals surface area contributed by atoms with Gasteiger partial charge in [0.05, 0.1) is 29.6 Å². The summed E-state index contributed by atoms with van der Waals surface area (Å²) in [5, 5.41) is 12.3. The number of carbonyl (C=O) groups is 2. The number of halogens is 3. The van der Waals surface area contributed by atoms with Gasteiger partial charge in [-0.05, 0) is 63.6 Å². The normalized spacial score (nSPS) is 19.6. The van der Waals surface area contributed by atoms with Gasteiger partial charge in [0.15, 0.2) is 5.13 Å². The zero-order chi connectivity index (χ0) is 32.4. The third-order valence-electron chi connectivity index (χ3n) is 9.30. The number of nitrogens with zero attached hydrogens (tertiary/aromatic N) is 6. The largest absolute Gasteiger partial charge is 0.481 e. The molecule has 3 aromatic rings. The minimum atomic E-state index is -4.53. The second-order valence-electron chi connectivity index (χ2n) is 12.2. The summed E-state index contributed by atoms with van der Waals surface area (Å²) in [5.41, 5.74) is 0.392. The maximum absolute atomic E-state index is 14.3. The van der Waals surface area contributed by atoms with E-state index in [1.165, 1.54) is 29.8 Å². The fourth-order valence-corrected chi connectivity index (χ4v) is 7.76. The second kappa shape index (κ2) is 13.5. The molecule has 1 aromatic carbocycles. The number of aliphatic carboxylic acids is 1. The van der Waals surface area contributed by atoms with Gasteiger partial charge in [0.2, 0.25) is 0 Å². The first-order chi connectivity index (χ1) is 22.1. The molecule has 6 rings (SSSR count). The predicted octanol–water partition coefficient (Wildman–Crippen LogP) is 6.15. The van der Waals surface area contributed by atoms with E-state index in [-0.39, 0.29) is 22.4 Å². The Morgan fingerprint density at radius 3 is 2.41 bits per heavy atom. The highest BCUT2D eigenvalue weighted by Gasteiger charge is 2.36. The van der Waals surface area contributed by atoms with Gasteiger partial charge in [-0.1, -0.05) is 24.3 Å². The van der Waals surface area contributed by atoms with Crippen molar-refractivity contribution in [2.75, 3.05) is 47.8 Å². The number of rotatable bonds is 9. The number of piperidine rings is 1. The maximum atomic E-state index is 14.3. The summed E-state index contributed by atoms with van der Waals surface area (Å²) in [6, 6.07) is 4.84. The summed E-state index contributed by atoms with van der Waals surface area (Å²) < 4.78 is 43.0. The van der Waals surface area contributed by atoms with Crippen LogP contribution in [0.1, 0.15) is 72.8 Å². The lowest BCUT2D eigenvalue weighted by atomic mass is 9.97. The van der Waals surface area contributed by atoms with Gasteiger partial charge in [-0.15, -0.1) is 0 Å². The fraction of sp³-hybridized carbons (Fsp3) is 0.531. The molecule has 1 unspecified atom stereocenters. The van der Waals surface area contributed by atoms with Crippen LogP contribution in [0.15, 0.2) is 30.6 Å². The second-order valence-corrected chi connectivity index (χ2v) is 13.3. The molecule has 3 fully saturated rings. The van der Waals surface area contributed by atoms with Crippen LogP contribution in [-0.4, -0.2) is 75.6 Å². The topological polar surface area (TPSA) is 115 Å². The Morgan fingerprint density at radius 1 is 1.00 bits per heavy atom. The molecule has 0 radical (unpaired) electrons. The summed E-state index contributed by atoms with van der Waals surface area (Å²) in [7, 11) is 0. The molecule has 1 atom stereocenters. The van der Waals surface area contributed by atoms with Crippen LogP contribution < -0.4 is 15.1 Å². The van der Waals surface area contributed by atoms with E-state index in [2.05, 4.69) is 32.1 Å². The Labute approximate surface area is 269 Å². The lowest BCUT2D eigenvalue weighted by molar-refractivity contribution is -0.142. The predicted molar refractivity (Wildman–Crippen MR) is 170 cm³/mol. The van der Waals surface area contributed by atoms with Crippen LogP contribution in [0.3, 0.4) is 0 Å². The minimum Gasteiger partial charge on any atom is -0.481 e. The number of carboxylic acids is 1. The molecule has 0 spiro atoms. The van der Waals surface area contributed by atoms with Crippen LogP contribution in [0.2, 0.25) is 0 Å². The Bertz CT molecular complexity index is 1550. The van der Waals surface area contributed by atoms with Gasteiger partial charge in [-0.25, -0.2) is 15.0 Å². The molecule has 3 aliphatic heterocycles. The van der Waals surface area contributed by atoms with Crippen molar-refractivity contribution in [1.29, 1.82) is 0 Å². The van der Waals surface area contributed by atoms with Crippen molar-refractivity contribution < 1.29 is 27.9 Å². The van der Waals surface area contributed by atoms with Gasteiger partial charge >= 0.3 is 12.1 Å². The third kappa shape index (κ3) is 6.97. The Hall–Kier alpha value is -3.78. The molecule has 46 heavy (non-hydrogen) atoms. The van der Waals surface area contributed by atoms with Gasteiger partial charge in [-0.2, -0.15) is 13.2 Å². The summed E-state index contributed by atoms with van der Waals surface area (Å²) >= 11 is 1.27. The first-order valence-corrected chi connectivity index (χ1v) is 16.7. The maximum Gasteiger partial charge on any atom is 0.418 e. The molecule has 1 amide bonds. The number of benzene rings is 1. The van der Waals surface area contributed by atoms with Gasteiger partial charge in [0.25, 0.3) is 5.91 Å². The van der Waals surface area contributed by atoms with Gasteiger partial charge in [0.1, 0.15) is 11.5 Å². The van der Waals surface area contributed by atoms with Crippen molar-refractivity contribution in [1.82, 2.24) is 19.9 Å². The number of aromatic nitrogens is 3. The van der Waals surface area contributed by atoms with Crippen LogP contribution in [-0.2, 0) is 17.5 Å². The average Bonchev–Trinajstić information content (AvgIpc) is 3.83. The molecule has 0 aliphatic carbocycles. The van der Waals surface area contributed by atoms with Crippen molar-refractivity contribution in [2.24, 2.45) is 5.92 Å².